The Balaban J connectivity index is 7.92. The monoisotopic (exact) mass is 449 g/mol. The van der Waals surface area contributed by atoms with Crippen LogP contribution in [0.3, 0.4) is 0 Å². The first kappa shape index (κ1) is 32.0. The highest BCUT2D eigenvalue weighted by Crippen LogP contribution is 2.66. The Bertz CT molecular complexity index is 556. The quantitative estimate of drug-likeness (QED) is 0.271. The second-order valence-electron chi connectivity index (χ2n) is 13.4. The number of hydrogen-bond acceptors (Lipinski definition) is 2. The molecule has 0 N–H and O–H groups in total. The lowest BCUT2D eigenvalue weighted by molar-refractivity contribution is -0.218. The largest absolute Gasteiger partial charge is 0.350 e. The molecule has 2 nitrogen and oxygen atoms in total. The summed E-state index contributed by atoms with van der Waals surface area (Å²) in [5.41, 5.74) is 0.520. The van der Waals surface area contributed by atoms with Gasteiger partial charge in [-0.2, -0.15) is 0 Å². The lowest BCUT2D eigenvalue weighted by Gasteiger charge is -2.73. The molecule has 0 heterocycles. The van der Waals surface area contributed by atoms with Crippen LogP contribution in [0.25, 0.3) is 0 Å². The predicted octanol–water partition coefficient (Wildman–Crippen LogP) is 6.77. The van der Waals surface area contributed by atoms with Crippen LogP contribution in [-0.2, 0) is 0 Å². The number of rotatable bonds is 14. The van der Waals surface area contributed by atoms with Crippen LogP contribution in [0.5, 0.6) is 0 Å². The van der Waals surface area contributed by atoms with E-state index in [2.05, 4.69) is 122 Å². The van der Waals surface area contributed by atoms with Crippen LogP contribution in [0.4, 0.5) is 0 Å². The zero-order valence-corrected chi connectivity index (χ0v) is 25.5. The standard InChI is InChI=1S/C28H62B2N2/c1-16-19-23(6)28(25(10,11)18-3,27(13,21-22(4)5)32(15)30-29)26(12,20-17-2)31(14)24(7,8)9/h22-23,30H,16-21,29H2,1-15H3. The van der Waals surface area contributed by atoms with E-state index in [1.807, 2.05) is 0 Å². The summed E-state index contributed by atoms with van der Waals surface area (Å²) in [6.45, 7) is 32.4. The molecule has 4 unspecified atom stereocenters. The first-order chi connectivity index (χ1) is 14.4. The molecule has 0 bridgehead atoms. The summed E-state index contributed by atoms with van der Waals surface area (Å²) >= 11 is 0. The molecule has 0 saturated heterocycles. The van der Waals surface area contributed by atoms with E-state index < -0.39 is 0 Å². The molecule has 0 aromatic heterocycles. The highest BCUT2D eigenvalue weighted by molar-refractivity contribution is 6.87. The molecular formula is C28H62B2N2. The minimum atomic E-state index is 0.0567. The molecule has 0 spiro atoms. The first-order valence-electron chi connectivity index (χ1n) is 13.9. The SMILES string of the molecule is BBN(C)C(C)(CC(C)C)C(C(C)CCC)(C(C)(C)CC)C(C)(CCC)N(C)C(C)(C)C. The van der Waals surface area contributed by atoms with Crippen molar-refractivity contribution in [2.24, 2.45) is 22.7 Å². The lowest BCUT2D eigenvalue weighted by Crippen LogP contribution is -2.78. The van der Waals surface area contributed by atoms with Gasteiger partial charge in [-0.05, 0) is 78.8 Å². The molecule has 32 heavy (non-hydrogen) atoms. The van der Waals surface area contributed by atoms with Gasteiger partial charge in [0.15, 0.2) is 7.31 Å². The summed E-state index contributed by atoms with van der Waals surface area (Å²) < 4.78 is 0. The average molecular weight is 448 g/mol. The second kappa shape index (κ2) is 11.7. The fraction of sp³-hybridized carbons (Fsp3) is 1.00. The van der Waals surface area contributed by atoms with Gasteiger partial charge in [-0.15, -0.1) is 0 Å². The van der Waals surface area contributed by atoms with Gasteiger partial charge in [0.1, 0.15) is 0 Å². The topological polar surface area (TPSA) is 6.48 Å². The average Bonchev–Trinajstić information content (AvgIpc) is 2.65. The first-order valence-corrected chi connectivity index (χ1v) is 13.9. The van der Waals surface area contributed by atoms with Crippen molar-refractivity contribution in [2.75, 3.05) is 14.1 Å². The summed E-state index contributed by atoms with van der Waals surface area (Å²) in [5.74, 6) is 1.27. The van der Waals surface area contributed by atoms with Gasteiger partial charge >= 0.3 is 0 Å². The van der Waals surface area contributed by atoms with Gasteiger partial charge in [0.25, 0.3) is 0 Å². The van der Waals surface area contributed by atoms with E-state index in [1.54, 1.807) is 0 Å². The molecule has 0 aliphatic rings. The van der Waals surface area contributed by atoms with E-state index in [0.717, 1.165) is 7.31 Å². The third-order valence-electron chi connectivity index (χ3n) is 9.72. The van der Waals surface area contributed by atoms with Crippen LogP contribution in [0, 0.1) is 22.7 Å². The fourth-order valence-corrected chi connectivity index (χ4v) is 8.31. The van der Waals surface area contributed by atoms with Crippen molar-refractivity contribution in [3.05, 3.63) is 0 Å². The molecular weight excluding hydrogens is 386 g/mol. The molecule has 0 aliphatic carbocycles. The van der Waals surface area contributed by atoms with Gasteiger partial charge in [-0.3, -0.25) is 4.90 Å². The minimum Gasteiger partial charge on any atom is -0.350 e. The molecule has 0 amide bonds. The molecule has 0 aliphatic heterocycles. The summed E-state index contributed by atoms with van der Waals surface area (Å²) in [4.78, 5) is 5.52. The van der Waals surface area contributed by atoms with Crippen molar-refractivity contribution < 1.29 is 0 Å². The number of nitrogens with zero attached hydrogens (tertiary/aromatic N) is 2. The summed E-state index contributed by atoms with van der Waals surface area (Å²) in [5, 5.41) is 0. The maximum absolute atomic E-state index is 2.79. The van der Waals surface area contributed by atoms with Gasteiger partial charge in [-0.25, -0.2) is 0 Å². The zero-order valence-electron chi connectivity index (χ0n) is 25.5. The Hall–Kier alpha value is 0.0499. The van der Waals surface area contributed by atoms with Crippen molar-refractivity contribution in [3.8, 4) is 0 Å². The van der Waals surface area contributed by atoms with Crippen molar-refractivity contribution >= 4 is 15.0 Å². The molecule has 4 atom stereocenters. The van der Waals surface area contributed by atoms with Gasteiger partial charge in [-0.1, -0.05) is 81.1 Å². The van der Waals surface area contributed by atoms with E-state index in [1.165, 1.54) is 38.5 Å². The molecule has 4 heteroatoms. The summed E-state index contributed by atoms with van der Waals surface area (Å²) in [6.07, 6.45) is 7.40. The van der Waals surface area contributed by atoms with Gasteiger partial charge in [0.05, 0.1) is 7.74 Å². The second-order valence-corrected chi connectivity index (χ2v) is 13.4. The zero-order chi connectivity index (χ0) is 25.8. The summed E-state index contributed by atoms with van der Waals surface area (Å²) in [6, 6.07) is 0. The van der Waals surface area contributed by atoms with Crippen molar-refractivity contribution in [1.82, 2.24) is 9.71 Å². The molecule has 0 fully saturated rings. The Kier molecular flexibility index (Phi) is 11.7. The summed E-state index contributed by atoms with van der Waals surface area (Å²) in [7, 11) is 8.28. The Morgan fingerprint density at radius 3 is 1.62 bits per heavy atom. The third-order valence-corrected chi connectivity index (χ3v) is 9.72. The normalized spacial score (nSPS) is 20.2. The van der Waals surface area contributed by atoms with E-state index in [4.69, 9.17) is 0 Å². The van der Waals surface area contributed by atoms with E-state index in [9.17, 15) is 0 Å². The van der Waals surface area contributed by atoms with Gasteiger partial charge in [0, 0.05) is 22.0 Å². The van der Waals surface area contributed by atoms with Gasteiger partial charge < -0.3 is 4.81 Å². The van der Waals surface area contributed by atoms with E-state index in [-0.39, 0.29) is 27.4 Å². The fourth-order valence-electron chi connectivity index (χ4n) is 8.31. The smallest absolute Gasteiger partial charge is 0.161 e. The maximum atomic E-state index is 2.79. The molecule has 0 rings (SSSR count). The Morgan fingerprint density at radius 1 is 0.812 bits per heavy atom. The van der Waals surface area contributed by atoms with Crippen molar-refractivity contribution in [1.29, 1.82) is 0 Å². The lowest BCUT2D eigenvalue weighted by atomic mass is 9.38. The highest BCUT2D eigenvalue weighted by Gasteiger charge is 2.69. The molecule has 190 valence electrons. The van der Waals surface area contributed by atoms with Crippen LogP contribution in [0.15, 0.2) is 0 Å². The van der Waals surface area contributed by atoms with Crippen LogP contribution < -0.4 is 0 Å². The molecule has 0 aromatic rings. The molecule has 0 aromatic carbocycles. The maximum Gasteiger partial charge on any atom is 0.161 e. The van der Waals surface area contributed by atoms with Crippen molar-refractivity contribution in [3.63, 3.8) is 0 Å². The Morgan fingerprint density at radius 2 is 1.31 bits per heavy atom. The van der Waals surface area contributed by atoms with Crippen LogP contribution >= 0.6 is 0 Å². The third kappa shape index (κ3) is 5.48. The number of hydrogen-bond donors (Lipinski definition) is 0. The highest BCUT2D eigenvalue weighted by atomic mass is 15.3. The van der Waals surface area contributed by atoms with Crippen LogP contribution in [0.1, 0.15) is 129 Å². The minimum absolute atomic E-state index is 0.0567. The molecule has 0 saturated carbocycles. The van der Waals surface area contributed by atoms with E-state index in [0.29, 0.717) is 11.8 Å². The Labute approximate surface area is 206 Å². The van der Waals surface area contributed by atoms with Crippen LogP contribution in [0.2, 0.25) is 0 Å². The van der Waals surface area contributed by atoms with Crippen LogP contribution in [-0.4, -0.2) is 55.5 Å². The molecule has 0 radical (unpaired) electrons. The van der Waals surface area contributed by atoms with Gasteiger partial charge in [0.2, 0.25) is 0 Å². The predicted molar refractivity (Wildman–Crippen MR) is 153 cm³/mol. The van der Waals surface area contributed by atoms with E-state index >= 15 is 0 Å². The van der Waals surface area contributed by atoms with Crippen molar-refractivity contribution in [2.45, 2.75) is 145 Å².